The van der Waals surface area contributed by atoms with Crippen LogP contribution in [0.2, 0.25) is 45.3 Å². The van der Waals surface area contributed by atoms with Crippen molar-refractivity contribution in [1.82, 2.24) is 0 Å². The van der Waals surface area contributed by atoms with E-state index in [9.17, 15) is 0 Å². The molecule has 0 saturated heterocycles. The van der Waals surface area contributed by atoms with Gasteiger partial charge in [-0.15, -0.1) is 0 Å². The highest BCUT2D eigenvalue weighted by molar-refractivity contribution is 6.93. The van der Waals surface area contributed by atoms with E-state index in [0.717, 1.165) is 11.1 Å². The van der Waals surface area contributed by atoms with Crippen molar-refractivity contribution in [2.24, 2.45) is 0 Å². The van der Waals surface area contributed by atoms with Gasteiger partial charge in [0, 0.05) is 0 Å². The average Bonchev–Trinajstić information content (AvgIpc) is 2.72. The summed E-state index contributed by atoms with van der Waals surface area (Å²) in [4.78, 5) is 0. The molecule has 0 radical (unpaired) electrons. The molecule has 0 atom stereocenters. The minimum atomic E-state index is -2.23. The maximum Gasteiger partial charge on any atom is 0.311 e. The van der Waals surface area contributed by atoms with Gasteiger partial charge in [0.15, 0.2) is 8.32 Å². The molecule has 0 amide bonds. The Hall–Kier alpha value is -1.50. The zero-order valence-electron chi connectivity index (χ0n) is 21.1. The number of hydrogen-bond donors (Lipinski definition) is 0. The maximum absolute atomic E-state index is 9.00. The second kappa shape index (κ2) is 11.6. The molecule has 2 rings (SSSR count). The smallest absolute Gasteiger partial charge is 0.311 e. The number of hydrogen-bond acceptors (Lipinski definition) is 3. The number of unbranched alkanes of at least 4 members (excludes halogenated alkanes) is 4. The summed E-state index contributed by atoms with van der Waals surface area (Å²) in [5.41, 5.74) is 2.97. The summed E-state index contributed by atoms with van der Waals surface area (Å²) < 4.78 is 13.6. The molecule has 2 aromatic rings. The van der Waals surface area contributed by atoms with Crippen molar-refractivity contribution in [3.8, 4) is 17.2 Å². The van der Waals surface area contributed by atoms with Gasteiger partial charge < -0.3 is 8.23 Å². The largest absolute Gasteiger partial charge is 0.437 e. The van der Waals surface area contributed by atoms with E-state index >= 15 is 0 Å². The maximum atomic E-state index is 9.00. The van der Waals surface area contributed by atoms with Crippen molar-refractivity contribution in [3.05, 3.63) is 54.1 Å². The van der Waals surface area contributed by atoms with Crippen molar-refractivity contribution in [2.45, 2.75) is 84.4 Å². The molecule has 32 heavy (non-hydrogen) atoms. The summed E-state index contributed by atoms with van der Waals surface area (Å²) in [6.45, 7) is 16.0. The fourth-order valence-corrected chi connectivity index (χ4v) is 18.1. The fraction of sp³-hybridized carbons (Fsp3) is 0.500. The van der Waals surface area contributed by atoms with Crippen LogP contribution in [0.4, 0.5) is 0 Å². The van der Waals surface area contributed by atoms with E-state index in [1.54, 1.807) is 0 Å². The minimum absolute atomic E-state index is 0.687. The number of nitrogens with zero attached hydrogens (tertiary/aromatic N) is 1. The molecule has 0 aromatic heterocycles. The number of nitriles is 1. The fourth-order valence-electron chi connectivity index (χ4n) is 4.37. The van der Waals surface area contributed by atoms with E-state index in [2.05, 4.69) is 76.5 Å². The predicted octanol–water partition coefficient (Wildman–Crippen LogP) is 7.55. The lowest BCUT2D eigenvalue weighted by atomic mass is 10.0. The van der Waals surface area contributed by atoms with Gasteiger partial charge in [-0.2, -0.15) is 5.26 Å². The highest BCUT2D eigenvalue weighted by Crippen LogP contribution is 2.26. The van der Waals surface area contributed by atoms with Crippen LogP contribution in [0, 0.1) is 11.3 Å². The van der Waals surface area contributed by atoms with E-state index < -0.39 is 25.2 Å². The molecule has 2 aromatic carbocycles. The highest BCUT2D eigenvalue weighted by Gasteiger charge is 2.40. The lowest BCUT2D eigenvalue weighted by molar-refractivity contribution is 0.393. The van der Waals surface area contributed by atoms with Gasteiger partial charge in [-0.25, -0.2) is 0 Å². The van der Waals surface area contributed by atoms with Gasteiger partial charge in [0.05, 0.1) is 11.6 Å². The molecule has 6 heteroatoms. The van der Waals surface area contributed by atoms with E-state index in [1.807, 2.05) is 24.3 Å². The monoisotopic (exact) mass is 483 g/mol. The molecular formula is C26H41NO2Si3. The summed E-state index contributed by atoms with van der Waals surface area (Å²) in [6.07, 6.45) is 6.58. The Bertz CT molecular complexity index is 885. The predicted molar refractivity (Wildman–Crippen MR) is 144 cm³/mol. The van der Waals surface area contributed by atoms with E-state index in [-0.39, 0.29) is 0 Å². The second-order valence-electron chi connectivity index (χ2n) is 10.3. The Labute approximate surface area is 199 Å². The van der Waals surface area contributed by atoms with Crippen LogP contribution in [-0.2, 0) is 8.23 Å². The molecule has 0 unspecified atom stereocenters. The molecule has 0 bridgehead atoms. The van der Waals surface area contributed by atoms with Gasteiger partial charge in [-0.1, -0.05) is 75.4 Å². The molecule has 0 heterocycles. The van der Waals surface area contributed by atoms with Crippen molar-refractivity contribution in [3.63, 3.8) is 0 Å². The zero-order chi connectivity index (χ0) is 23.8. The van der Waals surface area contributed by atoms with Crippen LogP contribution < -0.4 is 5.19 Å². The molecule has 0 aliphatic carbocycles. The third-order valence-electron chi connectivity index (χ3n) is 5.83. The molecule has 0 N–H and O–H groups in total. The van der Waals surface area contributed by atoms with Crippen LogP contribution in [0.5, 0.6) is 0 Å². The molecule has 0 aliphatic rings. The zero-order valence-corrected chi connectivity index (χ0v) is 24.1. The standard InChI is InChI=1S/C26H41NO2Si3/c1-8-9-10-11-12-21-30(2,3)28-32(6,7)29-31(4,5)26-19-17-25(18-20-26)24-15-13-23(22-27)14-16-24/h13-20H,8-12,21H2,1-7H3. The van der Waals surface area contributed by atoms with Gasteiger partial charge in [0.25, 0.3) is 0 Å². The Morgan fingerprint density at radius 1 is 0.719 bits per heavy atom. The van der Waals surface area contributed by atoms with Crippen LogP contribution in [0.15, 0.2) is 48.5 Å². The van der Waals surface area contributed by atoms with Gasteiger partial charge >= 0.3 is 8.56 Å². The SMILES string of the molecule is CCCCCCC[Si](C)(C)O[Si](C)(C)O[Si](C)(C)c1ccc(-c2ccc(C#N)cc2)cc1. The Kier molecular flexibility index (Phi) is 9.68. The molecule has 0 spiro atoms. The second-order valence-corrected chi connectivity index (χ2v) is 22.4. The first-order valence-corrected chi connectivity index (χ1v) is 20.8. The molecule has 3 nitrogen and oxygen atoms in total. The van der Waals surface area contributed by atoms with Gasteiger partial charge in [0.1, 0.15) is 0 Å². The topological polar surface area (TPSA) is 42.2 Å². The molecule has 174 valence electrons. The number of rotatable bonds is 12. The van der Waals surface area contributed by atoms with Crippen molar-refractivity contribution in [1.29, 1.82) is 5.26 Å². The average molecular weight is 484 g/mol. The van der Waals surface area contributed by atoms with Crippen molar-refractivity contribution >= 4 is 30.4 Å². The number of benzene rings is 2. The minimum Gasteiger partial charge on any atom is -0.437 e. The van der Waals surface area contributed by atoms with Gasteiger partial charge in [-0.05, 0) is 73.8 Å². The van der Waals surface area contributed by atoms with Crippen molar-refractivity contribution < 1.29 is 8.23 Å². The first-order valence-electron chi connectivity index (χ1n) is 12.0. The van der Waals surface area contributed by atoms with Gasteiger partial charge in [0.2, 0.25) is 8.32 Å². The van der Waals surface area contributed by atoms with E-state index in [0.29, 0.717) is 5.56 Å². The van der Waals surface area contributed by atoms with Crippen molar-refractivity contribution in [2.75, 3.05) is 0 Å². The molecule has 0 fully saturated rings. The summed E-state index contributed by atoms with van der Waals surface area (Å²) in [7, 11) is -6.04. The van der Waals surface area contributed by atoms with Crippen LogP contribution in [0.1, 0.15) is 44.6 Å². The first kappa shape index (κ1) is 26.8. The highest BCUT2D eigenvalue weighted by atomic mass is 28.5. The quantitative estimate of drug-likeness (QED) is 0.231. The van der Waals surface area contributed by atoms with Gasteiger partial charge in [-0.3, -0.25) is 0 Å². The lowest BCUT2D eigenvalue weighted by Crippen LogP contribution is -2.56. The summed E-state index contributed by atoms with van der Waals surface area (Å²) in [6, 6.07) is 19.9. The van der Waals surface area contributed by atoms with Crippen LogP contribution in [0.25, 0.3) is 11.1 Å². The molecule has 0 aliphatic heterocycles. The van der Waals surface area contributed by atoms with Crippen LogP contribution in [0.3, 0.4) is 0 Å². The Morgan fingerprint density at radius 2 is 1.25 bits per heavy atom. The summed E-state index contributed by atoms with van der Waals surface area (Å²) in [5, 5.41) is 10.3. The summed E-state index contributed by atoms with van der Waals surface area (Å²) in [5.74, 6) is 0. The van der Waals surface area contributed by atoms with E-state index in [1.165, 1.54) is 43.3 Å². The first-order chi connectivity index (χ1) is 15.0. The Morgan fingerprint density at radius 3 is 1.78 bits per heavy atom. The Balaban J connectivity index is 2.01. The third-order valence-corrected chi connectivity index (χ3v) is 17.3. The molecular weight excluding hydrogens is 443 g/mol. The van der Waals surface area contributed by atoms with Crippen LogP contribution >= 0.6 is 0 Å². The summed E-state index contributed by atoms with van der Waals surface area (Å²) >= 11 is 0. The normalized spacial score (nSPS) is 12.6. The third kappa shape index (κ3) is 8.45. The molecule has 0 saturated carbocycles. The van der Waals surface area contributed by atoms with Crippen LogP contribution in [-0.4, -0.2) is 25.2 Å². The van der Waals surface area contributed by atoms with E-state index in [4.69, 9.17) is 13.5 Å². The lowest BCUT2D eigenvalue weighted by Gasteiger charge is -2.39.